The summed E-state index contributed by atoms with van der Waals surface area (Å²) >= 11 is 0. The molecule has 0 saturated carbocycles. The van der Waals surface area contributed by atoms with Gasteiger partial charge in [0.15, 0.2) is 0 Å². The Morgan fingerprint density at radius 1 is 1.25 bits per heavy atom. The molecular formula is C16H26N2O2. The number of carbonyl (C=O) groups is 1. The van der Waals surface area contributed by atoms with Crippen LogP contribution in [0.25, 0.3) is 0 Å². The highest BCUT2D eigenvalue weighted by molar-refractivity contribution is 5.81. The Labute approximate surface area is 121 Å². The highest BCUT2D eigenvalue weighted by Crippen LogP contribution is 2.07. The van der Waals surface area contributed by atoms with Gasteiger partial charge in [0.1, 0.15) is 0 Å². The molecule has 1 rings (SSSR count). The van der Waals surface area contributed by atoms with Gasteiger partial charge in [-0.25, -0.2) is 0 Å². The molecule has 0 aliphatic rings. The summed E-state index contributed by atoms with van der Waals surface area (Å²) in [5, 5.41) is 2.88. The molecule has 0 aromatic heterocycles. The zero-order chi connectivity index (χ0) is 15.0. The average molecular weight is 278 g/mol. The lowest BCUT2D eigenvalue weighted by Gasteiger charge is -2.17. The highest BCUT2D eigenvalue weighted by Gasteiger charge is 2.18. The number of hydrogen-bond donors (Lipinski definition) is 2. The maximum Gasteiger partial charge on any atom is 0.237 e. The van der Waals surface area contributed by atoms with Crippen molar-refractivity contribution in [3.05, 3.63) is 35.4 Å². The third-order valence-corrected chi connectivity index (χ3v) is 3.52. The fraction of sp³-hybridized carbons (Fsp3) is 0.562. The summed E-state index contributed by atoms with van der Waals surface area (Å²) in [4.78, 5) is 11.9. The SMILES string of the molecule is CCOCc1ccc(CNC(=O)C(N)C(C)CC)cc1. The summed E-state index contributed by atoms with van der Waals surface area (Å²) in [5.41, 5.74) is 8.09. The minimum atomic E-state index is -0.433. The molecule has 0 radical (unpaired) electrons. The minimum absolute atomic E-state index is 0.0854. The number of nitrogens with one attached hydrogen (secondary N) is 1. The molecule has 0 heterocycles. The Bertz CT molecular complexity index is 403. The number of benzene rings is 1. The second kappa shape index (κ2) is 8.72. The monoisotopic (exact) mass is 278 g/mol. The molecule has 0 aliphatic heterocycles. The highest BCUT2D eigenvalue weighted by atomic mass is 16.5. The first-order chi connectivity index (χ1) is 9.58. The van der Waals surface area contributed by atoms with Gasteiger partial charge in [-0.05, 0) is 24.0 Å². The molecule has 3 N–H and O–H groups in total. The van der Waals surface area contributed by atoms with E-state index >= 15 is 0 Å². The Balaban J connectivity index is 2.43. The number of carbonyl (C=O) groups excluding carboxylic acids is 1. The van der Waals surface area contributed by atoms with E-state index in [-0.39, 0.29) is 11.8 Å². The predicted molar refractivity (Wildman–Crippen MR) is 81.0 cm³/mol. The molecule has 0 aliphatic carbocycles. The van der Waals surface area contributed by atoms with Crippen LogP contribution in [0.15, 0.2) is 24.3 Å². The van der Waals surface area contributed by atoms with E-state index in [2.05, 4.69) is 5.32 Å². The quantitative estimate of drug-likeness (QED) is 0.766. The van der Waals surface area contributed by atoms with Crippen molar-refractivity contribution in [2.24, 2.45) is 11.7 Å². The van der Waals surface area contributed by atoms with Gasteiger partial charge in [-0.1, -0.05) is 44.5 Å². The summed E-state index contributed by atoms with van der Waals surface area (Å²) in [7, 11) is 0. The summed E-state index contributed by atoms with van der Waals surface area (Å²) in [6, 6.07) is 7.61. The van der Waals surface area contributed by atoms with Crippen LogP contribution in [0, 0.1) is 5.92 Å². The Hall–Kier alpha value is -1.39. The van der Waals surface area contributed by atoms with Crippen LogP contribution in [0.5, 0.6) is 0 Å². The molecule has 1 aromatic carbocycles. The first-order valence-electron chi connectivity index (χ1n) is 7.27. The minimum Gasteiger partial charge on any atom is -0.377 e. The largest absolute Gasteiger partial charge is 0.377 e. The molecule has 0 fully saturated rings. The second-order valence-electron chi connectivity index (χ2n) is 5.08. The smallest absolute Gasteiger partial charge is 0.237 e. The van der Waals surface area contributed by atoms with Gasteiger partial charge in [-0.3, -0.25) is 4.79 Å². The van der Waals surface area contributed by atoms with Gasteiger partial charge >= 0.3 is 0 Å². The van der Waals surface area contributed by atoms with Crippen LogP contribution in [0.4, 0.5) is 0 Å². The van der Waals surface area contributed by atoms with Crippen molar-refractivity contribution < 1.29 is 9.53 Å². The maximum atomic E-state index is 11.9. The maximum absolute atomic E-state index is 11.9. The molecule has 4 nitrogen and oxygen atoms in total. The van der Waals surface area contributed by atoms with E-state index in [1.165, 1.54) is 0 Å². The van der Waals surface area contributed by atoms with Gasteiger partial charge in [0.25, 0.3) is 0 Å². The van der Waals surface area contributed by atoms with Crippen LogP contribution in [-0.2, 0) is 22.7 Å². The van der Waals surface area contributed by atoms with E-state index in [0.717, 1.165) is 17.5 Å². The zero-order valence-corrected chi connectivity index (χ0v) is 12.7. The lowest BCUT2D eigenvalue weighted by molar-refractivity contribution is -0.123. The van der Waals surface area contributed by atoms with Crippen molar-refractivity contribution >= 4 is 5.91 Å². The van der Waals surface area contributed by atoms with Crippen molar-refractivity contribution in [2.45, 2.75) is 46.4 Å². The van der Waals surface area contributed by atoms with Crippen molar-refractivity contribution in [3.8, 4) is 0 Å². The van der Waals surface area contributed by atoms with E-state index in [0.29, 0.717) is 19.8 Å². The normalized spacial score (nSPS) is 13.8. The molecule has 0 bridgehead atoms. The fourth-order valence-corrected chi connectivity index (χ4v) is 1.79. The second-order valence-corrected chi connectivity index (χ2v) is 5.08. The Morgan fingerprint density at radius 2 is 1.85 bits per heavy atom. The summed E-state index contributed by atoms with van der Waals surface area (Å²) in [5.74, 6) is 0.112. The van der Waals surface area contributed by atoms with Crippen molar-refractivity contribution in [3.63, 3.8) is 0 Å². The average Bonchev–Trinajstić information content (AvgIpc) is 2.49. The Kier molecular flexibility index (Phi) is 7.26. The zero-order valence-electron chi connectivity index (χ0n) is 12.7. The van der Waals surface area contributed by atoms with E-state index in [4.69, 9.17) is 10.5 Å². The molecule has 1 amide bonds. The van der Waals surface area contributed by atoms with Crippen LogP contribution in [-0.4, -0.2) is 18.6 Å². The molecule has 0 saturated heterocycles. The lowest BCUT2D eigenvalue weighted by atomic mass is 9.99. The fourth-order valence-electron chi connectivity index (χ4n) is 1.79. The number of amides is 1. The molecule has 112 valence electrons. The van der Waals surface area contributed by atoms with Crippen molar-refractivity contribution in [1.29, 1.82) is 0 Å². The van der Waals surface area contributed by atoms with Gasteiger partial charge in [0.2, 0.25) is 5.91 Å². The molecule has 2 atom stereocenters. The van der Waals surface area contributed by atoms with E-state index in [1.807, 2.05) is 45.0 Å². The lowest BCUT2D eigenvalue weighted by Crippen LogP contribution is -2.44. The van der Waals surface area contributed by atoms with Crippen LogP contribution in [0.2, 0.25) is 0 Å². The summed E-state index contributed by atoms with van der Waals surface area (Å²) < 4.78 is 5.34. The predicted octanol–water partition coefficient (Wildman–Crippen LogP) is 2.21. The van der Waals surface area contributed by atoms with Crippen LogP contribution >= 0.6 is 0 Å². The van der Waals surface area contributed by atoms with Crippen LogP contribution in [0.1, 0.15) is 38.3 Å². The third kappa shape index (κ3) is 5.31. The topological polar surface area (TPSA) is 64.3 Å². The van der Waals surface area contributed by atoms with Gasteiger partial charge < -0.3 is 15.8 Å². The molecule has 4 heteroatoms. The first-order valence-corrected chi connectivity index (χ1v) is 7.27. The number of hydrogen-bond acceptors (Lipinski definition) is 3. The van der Waals surface area contributed by atoms with E-state index in [1.54, 1.807) is 0 Å². The van der Waals surface area contributed by atoms with Crippen LogP contribution < -0.4 is 11.1 Å². The summed E-state index contributed by atoms with van der Waals surface area (Å²) in [6.07, 6.45) is 0.903. The van der Waals surface area contributed by atoms with Gasteiger partial charge in [0, 0.05) is 13.2 Å². The van der Waals surface area contributed by atoms with E-state index < -0.39 is 6.04 Å². The molecule has 1 aromatic rings. The van der Waals surface area contributed by atoms with E-state index in [9.17, 15) is 4.79 Å². The van der Waals surface area contributed by atoms with Gasteiger partial charge in [-0.2, -0.15) is 0 Å². The molecule has 2 unspecified atom stereocenters. The van der Waals surface area contributed by atoms with Crippen molar-refractivity contribution in [2.75, 3.05) is 6.61 Å². The van der Waals surface area contributed by atoms with Crippen molar-refractivity contribution in [1.82, 2.24) is 5.32 Å². The van der Waals surface area contributed by atoms with Gasteiger partial charge in [0.05, 0.1) is 12.6 Å². The molecular weight excluding hydrogens is 252 g/mol. The van der Waals surface area contributed by atoms with Gasteiger partial charge in [-0.15, -0.1) is 0 Å². The summed E-state index contributed by atoms with van der Waals surface area (Å²) in [6.45, 7) is 7.86. The number of ether oxygens (including phenoxy) is 1. The molecule has 0 spiro atoms. The van der Waals surface area contributed by atoms with Crippen LogP contribution in [0.3, 0.4) is 0 Å². The Morgan fingerprint density at radius 3 is 2.40 bits per heavy atom. The number of rotatable bonds is 8. The first kappa shape index (κ1) is 16.7. The standard InChI is InChI=1S/C16H26N2O2/c1-4-12(3)15(17)16(19)18-10-13-6-8-14(9-7-13)11-20-5-2/h6-9,12,15H,4-5,10-11,17H2,1-3H3,(H,18,19). The third-order valence-electron chi connectivity index (χ3n) is 3.52. The number of nitrogens with two attached hydrogens (primary N) is 1. The molecule has 20 heavy (non-hydrogen) atoms.